The number of hydrogen-bond acceptors (Lipinski definition) is 6. The van der Waals surface area contributed by atoms with E-state index < -0.39 is 0 Å². The van der Waals surface area contributed by atoms with Crippen LogP contribution in [0.3, 0.4) is 0 Å². The molecule has 0 saturated heterocycles. The van der Waals surface area contributed by atoms with E-state index in [1.165, 1.54) is 32.6 Å². The first kappa shape index (κ1) is 25.4. The second-order valence-electron chi connectivity index (χ2n) is 9.83. The fourth-order valence-electron chi connectivity index (χ4n) is 4.93. The predicted molar refractivity (Wildman–Crippen MR) is 145 cm³/mol. The predicted octanol–water partition coefficient (Wildman–Crippen LogP) is 4.87. The van der Waals surface area contributed by atoms with Gasteiger partial charge in [0.1, 0.15) is 5.75 Å². The van der Waals surface area contributed by atoms with Gasteiger partial charge in [0.25, 0.3) is 5.91 Å². The second-order valence-corrected chi connectivity index (χ2v) is 9.83. The summed E-state index contributed by atoms with van der Waals surface area (Å²) in [6.07, 6.45) is 6.65. The number of nitrogens with zero attached hydrogens (tertiary/aromatic N) is 4. The van der Waals surface area contributed by atoms with Crippen LogP contribution in [-0.2, 0) is 11.3 Å². The van der Waals surface area contributed by atoms with Gasteiger partial charge in [0.2, 0.25) is 5.91 Å². The van der Waals surface area contributed by atoms with Gasteiger partial charge in [-0.1, -0.05) is 31.0 Å². The number of imidazole rings is 1. The van der Waals surface area contributed by atoms with Gasteiger partial charge < -0.3 is 15.4 Å². The van der Waals surface area contributed by atoms with Gasteiger partial charge in [0.05, 0.1) is 29.8 Å². The average Bonchev–Trinajstić information content (AvgIpc) is 3.55. The molecule has 0 aliphatic heterocycles. The summed E-state index contributed by atoms with van der Waals surface area (Å²) in [6.45, 7) is 6.23. The quantitative estimate of drug-likeness (QED) is 0.349. The highest BCUT2D eigenvalue weighted by molar-refractivity contribution is 5.96. The normalized spacial score (nSPS) is 13.6. The second kappa shape index (κ2) is 11.0. The molecular weight excluding hydrogens is 480 g/mol. The molecule has 0 atom stereocenters. The monoisotopic (exact) mass is 512 g/mol. The molecule has 196 valence electrons. The van der Waals surface area contributed by atoms with E-state index in [1.54, 1.807) is 10.7 Å². The van der Waals surface area contributed by atoms with Crippen molar-refractivity contribution in [1.29, 1.82) is 0 Å². The van der Waals surface area contributed by atoms with Crippen LogP contribution in [0.25, 0.3) is 16.9 Å². The minimum Gasteiger partial charge on any atom is -0.493 e. The minimum absolute atomic E-state index is 0.203. The molecule has 5 rings (SSSR count). The number of rotatable bonds is 8. The van der Waals surface area contributed by atoms with Gasteiger partial charge in [-0.2, -0.15) is 5.10 Å². The molecular formula is C29H32N6O3. The Morgan fingerprint density at radius 1 is 1.05 bits per heavy atom. The molecule has 3 aromatic heterocycles. The molecule has 38 heavy (non-hydrogen) atoms. The van der Waals surface area contributed by atoms with Crippen molar-refractivity contribution in [3.8, 4) is 17.0 Å². The number of aryl methyl sites for hydroxylation is 2. The van der Waals surface area contributed by atoms with Crippen molar-refractivity contribution in [2.45, 2.75) is 53.0 Å². The number of nitrogens with one attached hydrogen (secondary N) is 2. The Kier molecular flexibility index (Phi) is 7.35. The van der Waals surface area contributed by atoms with Gasteiger partial charge in [0.15, 0.2) is 11.5 Å². The fourth-order valence-corrected chi connectivity index (χ4v) is 4.93. The molecule has 1 fully saturated rings. The van der Waals surface area contributed by atoms with Crippen LogP contribution >= 0.6 is 0 Å². The van der Waals surface area contributed by atoms with E-state index in [2.05, 4.69) is 25.7 Å². The smallest absolute Gasteiger partial charge is 0.253 e. The van der Waals surface area contributed by atoms with Crippen LogP contribution in [0, 0.1) is 19.8 Å². The van der Waals surface area contributed by atoms with E-state index in [0.717, 1.165) is 29.2 Å². The first-order valence-corrected chi connectivity index (χ1v) is 13.0. The summed E-state index contributed by atoms with van der Waals surface area (Å²) in [5.41, 5.74) is 4.83. The lowest BCUT2D eigenvalue weighted by atomic mass is 10.0. The Labute approximate surface area is 221 Å². The van der Waals surface area contributed by atoms with E-state index in [-0.39, 0.29) is 11.8 Å². The number of pyridine rings is 1. The highest BCUT2D eigenvalue weighted by Gasteiger charge is 2.18. The molecule has 3 heterocycles. The lowest BCUT2D eigenvalue weighted by molar-refractivity contribution is -0.114. The van der Waals surface area contributed by atoms with Crippen LogP contribution in [0.5, 0.6) is 5.75 Å². The minimum atomic E-state index is -0.210. The Balaban J connectivity index is 1.33. The lowest BCUT2D eigenvalue weighted by Gasteiger charge is -2.16. The van der Waals surface area contributed by atoms with Crippen molar-refractivity contribution in [1.82, 2.24) is 24.9 Å². The number of hydrogen-bond donors (Lipinski definition) is 2. The van der Waals surface area contributed by atoms with E-state index >= 15 is 0 Å². The molecule has 9 heteroatoms. The fraction of sp³-hybridized carbons (Fsp3) is 0.345. The van der Waals surface area contributed by atoms with Crippen LogP contribution in [0.15, 0.2) is 48.7 Å². The first-order valence-electron chi connectivity index (χ1n) is 13.0. The number of ether oxygens (including phenoxy) is 1. The summed E-state index contributed by atoms with van der Waals surface area (Å²) in [5, 5.41) is 10.3. The third-order valence-corrected chi connectivity index (χ3v) is 6.91. The van der Waals surface area contributed by atoms with Crippen LogP contribution in [0.1, 0.15) is 59.9 Å². The molecule has 2 amide bonds. The zero-order chi connectivity index (χ0) is 26.6. The summed E-state index contributed by atoms with van der Waals surface area (Å²) in [4.78, 5) is 33.6. The number of amides is 2. The van der Waals surface area contributed by atoms with Crippen molar-refractivity contribution in [3.63, 3.8) is 0 Å². The summed E-state index contributed by atoms with van der Waals surface area (Å²) < 4.78 is 7.73. The van der Waals surface area contributed by atoms with Crippen molar-refractivity contribution in [2.75, 3.05) is 11.9 Å². The van der Waals surface area contributed by atoms with Crippen molar-refractivity contribution in [3.05, 3.63) is 71.2 Å². The summed E-state index contributed by atoms with van der Waals surface area (Å²) in [5.74, 6) is 1.44. The maximum absolute atomic E-state index is 13.3. The van der Waals surface area contributed by atoms with Crippen LogP contribution in [0.4, 0.5) is 5.82 Å². The van der Waals surface area contributed by atoms with Gasteiger partial charge >= 0.3 is 0 Å². The Bertz CT molecular complexity index is 1490. The molecule has 0 spiro atoms. The highest BCUT2D eigenvalue weighted by Crippen LogP contribution is 2.27. The number of benzene rings is 1. The third-order valence-electron chi connectivity index (χ3n) is 6.91. The summed E-state index contributed by atoms with van der Waals surface area (Å²) in [6, 6.07) is 13.3. The SMILES string of the molecule is CC(=O)Nc1cn2nc(-c3cc(C(=O)NCc4ccccc4OCC4CCCC4)c(C)nc3C)ccc2n1. The van der Waals surface area contributed by atoms with E-state index in [4.69, 9.17) is 4.74 Å². The maximum Gasteiger partial charge on any atom is 0.253 e. The summed E-state index contributed by atoms with van der Waals surface area (Å²) >= 11 is 0. The van der Waals surface area contributed by atoms with E-state index in [9.17, 15) is 9.59 Å². The standard InChI is InChI=1S/C29H32N6O3/c1-18-23(25-12-13-28-33-27(32-20(3)36)16-35(28)34-25)14-24(19(2)31-18)29(37)30-15-22-10-6-7-11-26(22)38-17-21-8-4-5-9-21/h6-7,10-14,16,21H,4-5,8-9,15,17H2,1-3H3,(H,30,37)(H,32,36). The van der Waals surface area contributed by atoms with Crippen LogP contribution < -0.4 is 15.4 Å². The molecule has 4 aromatic rings. The zero-order valence-electron chi connectivity index (χ0n) is 22.0. The number of anilines is 1. The lowest BCUT2D eigenvalue weighted by Crippen LogP contribution is -2.24. The van der Waals surface area contributed by atoms with Crippen LogP contribution in [-0.4, -0.2) is 38.0 Å². The molecule has 1 saturated carbocycles. The maximum atomic E-state index is 13.3. The molecule has 9 nitrogen and oxygen atoms in total. The zero-order valence-corrected chi connectivity index (χ0v) is 22.0. The van der Waals surface area contributed by atoms with E-state index in [0.29, 0.717) is 40.9 Å². The molecule has 0 radical (unpaired) electrons. The van der Waals surface area contributed by atoms with Gasteiger partial charge in [-0.05, 0) is 56.9 Å². The largest absolute Gasteiger partial charge is 0.493 e. The molecule has 1 aliphatic rings. The Hall–Kier alpha value is -4.27. The number of carbonyl (C=O) groups excluding carboxylic acids is 2. The number of carbonyl (C=O) groups is 2. The third kappa shape index (κ3) is 5.66. The van der Waals surface area contributed by atoms with Crippen molar-refractivity contribution < 1.29 is 14.3 Å². The topological polar surface area (TPSA) is 111 Å². The molecule has 0 unspecified atom stereocenters. The van der Waals surface area contributed by atoms with Crippen LogP contribution in [0.2, 0.25) is 0 Å². The molecule has 2 N–H and O–H groups in total. The van der Waals surface area contributed by atoms with Crippen molar-refractivity contribution >= 4 is 23.3 Å². The Morgan fingerprint density at radius 3 is 2.63 bits per heavy atom. The molecule has 0 bridgehead atoms. The average molecular weight is 513 g/mol. The van der Waals surface area contributed by atoms with Gasteiger partial charge in [-0.15, -0.1) is 0 Å². The molecule has 1 aromatic carbocycles. The highest BCUT2D eigenvalue weighted by atomic mass is 16.5. The number of fused-ring (bicyclic) bond motifs is 1. The van der Waals surface area contributed by atoms with Gasteiger partial charge in [0, 0.05) is 30.3 Å². The van der Waals surface area contributed by atoms with Gasteiger partial charge in [-0.25, -0.2) is 9.50 Å². The molecule has 1 aliphatic carbocycles. The summed E-state index contributed by atoms with van der Waals surface area (Å²) in [7, 11) is 0. The van der Waals surface area contributed by atoms with Gasteiger partial charge in [-0.3, -0.25) is 14.6 Å². The number of aromatic nitrogens is 4. The Morgan fingerprint density at radius 2 is 1.84 bits per heavy atom. The first-order chi connectivity index (χ1) is 18.4. The number of para-hydroxylation sites is 1. The van der Waals surface area contributed by atoms with E-state index in [1.807, 2.05) is 56.3 Å². The van der Waals surface area contributed by atoms with Crippen molar-refractivity contribution in [2.24, 2.45) is 5.92 Å².